The fourth-order valence-electron chi connectivity index (χ4n) is 2.43. The second kappa shape index (κ2) is 6.66. The van der Waals surface area contributed by atoms with E-state index in [1.54, 1.807) is 6.07 Å². The summed E-state index contributed by atoms with van der Waals surface area (Å²) in [5.74, 6) is 0.773. The molecule has 0 saturated heterocycles. The van der Waals surface area contributed by atoms with Crippen LogP contribution in [0.2, 0.25) is 0 Å². The van der Waals surface area contributed by atoms with E-state index >= 15 is 0 Å². The van der Waals surface area contributed by atoms with Gasteiger partial charge in [0.25, 0.3) is 0 Å². The van der Waals surface area contributed by atoms with Crippen molar-refractivity contribution in [2.45, 2.75) is 45.6 Å². The highest BCUT2D eigenvalue weighted by molar-refractivity contribution is 5.76. The van der Waals surface area contributed by atoms with Crippen LogP contribution in [0, 0.1) is 5.82 Å². The molecule has 0 aliphatic rings. The van der Waals surface area contributed by atoms with Gasteiger partial charge in [-0.2, -0.15) is 0 Å². The maximum Gasteiger partial charge on any atom is 0.151 e. The largest absolute Gasteiger partial charge is 0.330 e. The normalized spacial score (nSPS) is 11.3. The molecule has 4 heteroatoms. The predicted molar refractivity (Wildman–Crippen MR) is 76.6 cm³/mol. The van der Waals surface area contributed by atoms with E-state index in [2.05, 4.69) is 16.5 Å². The minimum absolute atomic E-state index is 0.226. The SMILES string of the molecule is CCCn1c(CCCCCN)nc2c(F)cccc21. The summed E-state index contributed by atoms with van der Waals surface area (Å²) in [7, 11) is 0. The van der Waals surface area contributed by atoms with Crippen LogP contribution in [0.3, 0.4) is 0 Å². The Morgan fingerprint density at radius 3 is 2.84 bits per heavy atom. The number of aryl methyl sites for hydroxylation is 2. The lowest BCUT2D eigenvalue weighted by atomic mass is 10.2. The van der Waals surface area contributed by atoms with Gasteiger partial charge < -0.3 is 10.3 Å². The van der Waals surface area contributed by atoms with Crippen LogP contribution in [0.5, 0.6) is 0 Å². The molecule has 2 rings (SSSR count). The van der Waals surface area contributed by atoms with E-state index in [1.807, 2.05) is 6.07 Å². The van der Waals surface area contributed by atoms with Crippen molar-refractivity contribution in [3.8, 4) is 0 Å². The van der Waals surface area contributed by atoms with Gasteiger partial charge in [-0.3, -0.25) is 0 Å². The highest BCUT2D eigenvalue weighted by Gasteiger charge is 2.12. The topological polar surface area (TPSA) is 43.8 Å². The fourth-order valence-corrected chi connectivity index (χ4v) is 2.43. The van der Waals surface area contributed by atoms with Crippen LogP contribution >= 0.6 is 0 Å². The van der Waals surface area contributed by atoms with Gasteiger partial charge in [0.2, 0.25) is 0 Å². The van der Waals surface area contributed by atoms with Crippen molar-refractivity contribution < 1.29 is 4.39 Å². The molecule has 0 spiro atoms. The Labute approximate surface area is 113 Å². The molecule has 0 amide bonds. The van der Waals surface area contributed by atoms with Crippen LogP contribution in [0.15, 0.2) is 18.2 Å². The Morgan fingerprint density at radius 1 is 1.26 bits per heavy atom. The van der Waals surface area contributed by atoms with Crippen LogP contribution < -0.4 is 5.73 Å². The van der Waals surface area contributed by atoms with Crippen molar-refractivity contribution >= 4 is 11.0 Å². The molecule has 0 atom stereocenters. The maximum absolute atomic E-state index is 13.8. The minimum atomic E-state index is -0.226. The smallest absolute Gasteiger partial charge is 0.151 e. The van der Waals surface area contributed by atoms with E-state index in [0.717, 1.165) is 56.5 Å². The Hall–Kier alpha value is -1.42. The van der Waals surface area contributed by atoms with Gasteiger partial charge in [0.05, 0.1) is 5.52 Å². The van der Waals surface area contributed by atoms with Crippen LogP contribution in [-0.2, 0) is 13.0 Å². The number of para-hydroxylation sites is 1. The summed E-state index contributed by atoms with van der Waals surface area (Å²) in [4.78, 5) is 4.49. The molecule has 3 nitrogen and oxygen atoms in total. The van der Waals surface area contributed by atoms with Gasteiger partial charge in [0.1, 0.15) is 11.3 Å². The highest BCUT2D eigenvalue weighted by atomic mass is 19.1. The molecule has 1 heterocycles. The lowest BCUT2D eigenvalue weighted by Crippen LogP contribution is -2.04. The van der Waals surface area contributed by atoms with Crippen LogP contribution in [-0.4, -0.2) is 16.1 Å². The highest BCUT2D eigenvalue weighted by Crippen LogP contribution is 2.21. The molecule has 104 valence electrons. The molecule has 1 aromatic carbocycles. The monoisotopic (exact) mass is 263 g/mol. The maximum atomic E-state index is 13.8. The molecule has 0 fully saturated rings. The van der Waals surface area contributed by atoms with E-state index in [9.17, 15) is 4.39 Å². The summed E-state index contributed by atoms with van der Waals surface area (Å²) in [6, 6.07) is 5.18. The standard InChI is InChI=1S/C15H22FN3/c1-2-11-19-13-8-6-7-12(16)15(13)18-14(19)9-4-3-5-10-17/h6-8H,2-5,9-11,17H2,1H3. The quantitative estimate of drug-likeness (QED) is 0.779. The molecule has 0 aliphatic carbocycles. The van der Waals surface area contributed by atoms with E-state index in [1.165, 1.54) is 6.07 Å². The molecular weight excluding hydrogens is 241 g/mol. The molecule has 0 aliphatic heterocycles. The van der Waals surface area contributed by atoms with Gasteiger partial charge >= 0.3 is 0 Å². The lowest BCUT2D eigenvalue weighted by Gasteiger charge is -2.07. The average molecular weight is 263 g/mol. The van der Waals surface area contributed by atoms with Crippen LogP contribution in [0.4, 0.5) is 4.39 Å². The number of aromatic nitrogens is 2. The van der Waals surface area contributed by atoms with Crippen molar-refractivity contribution in [1.82, 2.24) is 9.55 Å². The van der Waals surface area contributed by atoms with E-state index in [0.29, 0.717) is 5.52 Å². The number of hydrogen-bond acceptors (Lipinski definition) is 2. The molecule has 0 saturated carbocycles. The average Bonchev–Trinajstić information content (AvgIpc) is 2.76. The fraction of sp³-hybridized carbons (Fsp3) is 0.533. The predicted octanol–water partition coefficient (Wildman–Crippen LogP) is 3.26. The number of benzene rings is 1. The second-order valence-electron chi connectivity index (χ2n) is 4.89. The van der Waals surface area contributed by atoms with E-state index < -0.39 is 0 Å². The Bertz CT molecular complexity index is 533. The van der Waals surface area contributed by atoms with Crippen LogP contribution in [0.1, 0.15) is 38.4 Å². The Kier molecular flexibility index (Phi) is 4.91. The number of hydrogen-bond donors (Lipinski definition) is 1. The first-order valence-corrected chi connectivity index (χ1v) is 7.11. The zero-order valence-electron chi connectivity index (χ0n) is 11.5. The number of unbranched alkanes of at least 4 members (excludes halogenated alkanes) is 2. The molecular formula is C15H22FN3. The van der Waals surface area contributed by atoms with Gasteiger partial charge in [0, 0.05) is 13.0 Å². The molecule has 0 radical (unpaired) electrons. The first kappa shape index (κ1) is 14.0. The molecule has 2 N–H and O–H groups in total. The van der Waals surface area contributed by atoms with Crippen LogP contribution in [0.25, 0.3) is 11.0 Å². The molecule has 0 bridgehead atoms. The summed E-state index contributed by atoms with van der Waals surface area (Å²) in [6.07, 6.45) is 5.13. The number of imidazole rings is 1. The number of rotatable bonds is 7. The first-order chi connectivity index (χ1) is 9.27. The number of fused-ring (bicyclic) bond motifs is 1. The molecule has 1 aromatic heterocycles. The van der Waals surface area contributed by atoms with Gasteiger partial charge in [-0.15, -0.1) is 0 Å². The summed E-state index contributed by atoms with van der Waals surface area (Å²) >= 11 is 0. The van der Waals surface area contributed by atoms with E-state index in [4.69, 9.17) is 5.73 Å². The molecule has 0 unspecified atom stereocenters. The van der Waals surface area contributed by atoms with Gasteiger partial charge in [-0.1, -0.05) is 19.4 Å². The zero-order chi connectivity index (χ0) is 13.7. The van der Waals surface area contributed by atoms with Crippen molar-refractivity contribution in [3.05, 3.63) is 29.8 Å². The third-order valence-electron chi connectivity index (χ3n) is 3.36. The number of halogens is 1. The number of nitrogens with zero attached hydrogens (tertiary/aromatic N) is 2. The zero-order valence-corrected chi connectivity index (χ0v) is 11.5. The van der Waals surface area contributed by atoms with Crippen molar-refractivity contribution in [3.63, 3.8) is 0 Å². The first-order valence-electron chi connectivity index (χ1n) is 7.11. The van der Waals surface area contributed by atoms with Crippen molar-refractivity contribution in [2.24, 2.45) is 5.73 Å². The minimum Gasteiger partial charge on any atom is -0.330 e. The molecule has 2 aromatic rings. The number of nitrogens with two attached hydrogens (primary N) is 1. The third kappa shape index (κ3) is 3.13. The van der Waals surface area contributed by atoms with Crippen molar-refractivity contribution in [2.75, 3.05) is 6.54 Å². The Balaban J connectivity index is 2.25. The summed E-state index contributed by atoms with van der Waals surface area (Å²) in [5, 5.41) is 0. The van der Waals surface area contributed by atoms with E-state index in [-0.39, 0.29) is 5.82 Å². The summed E-state index contributed by atoms with van der Waals surface area (Å²) in [6.45, 7) is 3.76. The second-order valence-corrected chi connectivity index (χ2v) is 4.89. The third-order valence-corrected chi connectivity index (χ3v) is 3.36. The summed E-state index contributed by atoms with van der Waals surface area (Å²) < 4.78 is 15.9. The van der Waals surface area contributed by atoms with Gasteiger partial charge in [0.15, 0.2) is 5.82 Å². The van der Waals surface area contributed by atoms with Gasteiger partial charge in [-0.25, -0.2) is 9.37 Å². The molecule has 19 heavy (non-hydrogen) atoms. The Morgan fingerprint density at radius 2 is 2.11 bits per heavy atom. The van der Waals surface area contributed by atoms with Crippen molar-refractivity contribution in [1.29, 1.82) is 0 Å². The summed E-state index contributed by atoms with van der Waals surface area (Å²) in [5.41, 5.74) is 6.91. The lowest BCUT2D eigenvalue weighted by molar-refractivity contribution is 0.614. The van der Waals surface area contributed by atoms with Gasteiger partial charge in [-0.05, 0) is 37.9 Å².